The Kier molecular flexibility index (Phi) is 3.10. The Morgan fingerprint density at radius 2 is 1.79 bits per heavy atom. The molecule has 0 fully saturated rings. The van der Waals surface area contributed by atoms with Gasteiger partial charge in [0.2, 0.25) is 0 Å². The van der Waals surface area contributed by atoms with Gasteiger partial charge in [-0.3, -0.25) is 0 Å². The highest BCUT2D eigenvalue weighted by molar-refractivity contribution is 5.77. The molecule has 0 saturated carbocycles. The van der Waals surface area contributed by atoms with Gasteiger partial charge >= 0.3 is 0 Å². The molecule has 2 nitrogen and oxygen atoms in total. The molecule has 0 bridgehead atoms. The Hall–Kier alpha value is -2.06. The van der Waals surface area contributed by atoms with Crippen LogP contribution in [-0.2, 0) is 6.42 Å². The number of hydrogen-bond acceptors (Lipinski definition) is 2. The van der Waals surface area contributed by atoms with Crippen molar-refractivity contribution in [3.8, 4) is 0 Å². The molecule has 1 atom stereocenters. The fourth-order valence-corrected chi connectivity index (χ4v) is 2.41. The minimum atomic E-state index is -0.705. The smallest absolute Gasteiger partial charge is 0.138 e. The highest BCUT2D eigenvalue weighted by Crippen LogP contribution is 2.29. The molecule has 0 saturated heterocycles. The molecule has 1 unspecified atom stereocenters. The van der Waals surface area contributed by atoms with E-state index in [2.05, 4.69) is 6.92 Å². The van der Waals surface area contributed by atoms with E-state index >= 15 is 0 Å². The van der Waals surface area contributed by atoms with Gasteiger partial charge in [0, 0.05) is 5.39 Å². The van der Waals surface area contributed by atoms with Crippen molar-refractivity contribution in [2.75, 3.05) is 0 Å². The van der Waals surface area contributed by atoms with Gasteiger partial charge in [-0.15, -0.1) is 0 Å². The van der Waals surface area contributed by atoms with Gasteiger partial charge in [-0.25, -0.2) is 0 Å². The second kappa shape index (κ2) is 4.90. The molecule has 0 aliphatic rings. The Bertz CT molecular complexity index is 664. The summed E-state index contributed by atoms with van der Waals surface area (Å²) in [6, 6.07) is 17.6. The Balaban J connectivity index is 2.05. The van der Waals surface area contributed by atoms with Gasteiger partial charge in [-0.1, -0.05) is 49.4 Å². The first-order chi connectivity index (χ1) is 9.29. The van der Waals surface area contributed by atoms with E-state index < -0.39 is 6.10 Å². The lowest BCUT2D eigenvalue weighted by Crippen LogP contribution is -2.01. The highest BCUT2D eigenvalue weighted by atomic mass is 16.4. The summed E-state index contributed by atoms with van der Waals surface area (Å²) in [6.07, 6.45) is 0.191. The third kappa shape index (κ3) is 2.15. The standard InChI is InChI=1S/C17H16O2/c1-2-12-7-3-5-9-14(12)17(18)16-11-13-8-4-6-10-15(13)19-16/h3-11,17-18H,2H2,1H3. The second-order valence-corrected chi connectivity index (χ2v) is 4.64. The first kappa shape index (κ1) is 12.0. The van der Waals surface area contributed by atoms with Gasteiger partial charge in [-0.2, -0.15) is 0 Å². The molecule has 3 aromatic rings. The van der Waals surface area contributed by atoms with Crippen LogP contribution in [0.3, 0.4) is 0 Å². The van der Waals surface area contributed by atoms with Crippen molar-refractivity contribution < 1.29 is 9.52 Å². The molecule has 0 aliphatic heterocycles. The van der Waals surface area contributed by atoms with Crippen LogP contribution < -0.4 is 0 Å². The topological polar surface area (TPSA) is 33.4 Å². The van der Waals surface area contributed by atoms with Crippen molar-refractivity contribution >= 4 is 11.0 Å². The lowest BCUT2D eigenvalue weighted by molar-refractivity contribution is 0.191. The molecule has 0 radical (unpaired) electrons. The van der Waals surface area contributed by atoms with Crippen LogP contribution in [0.1, 0.15) is 29.9 Å². The zero-order valence-corrected chi connectivity index (χ0v) is 10.8. The lowest BCUT2D eigenvalue weighted by atomic mass is 9.99. The van der Waals surface area contributed by atoms with Crippen molar-refractivity contribution in [1.29, 1.82) is 0 Å². The summed E-state index contributed by atoms with van der Waals surface area (Å²) in [6.45, 7) is 2.09. The summed E-state index contributed by atoms with van der Waals surface area (Å²) >= 11 is 0. The van der Waals surface area contributed by atoms with E-state index in [1.165, 1.54) is 0 Å². The largest absolute Gasteiger partial charge is 0.458 e. The molecular weight excluding hydrogens is 236 g/mol. The number of hydrogen-bond donors (Lipinski definition) is 1. The maximum Gasteiger partial charge on any atom is 0.138 e. The summed E-state index contributed by atoms with van der Waals surface area (Å²) in [4.78, 5) is 0. The number of aryl methyl sites for hydroxylation is 1. The number of para-hydroxylation sites is 1. The average Bonchev–Trinajstić information content (AvgIpc) is 2.90. The molecular formula is C17H16O2. The SMILES string of the molecule is CCc1ccccc1C(O)c1cc2ccccc2o1. The first-order valence-electron chi connectivity index (χ1n) is 6.54. The van der Waals surface area contributed by atoms with Gasteiger partial charge in [-0.05, 0) is 29.7 Å². The van der Waals surface area contributed by atoms with Crippen LogP contribution in [0.2, 0.25) is 0 Å². The molecule has 1 heterocycles. The number of rotatable bonds is 3. The summed E-state index contributed by atoms with van der Waals surface area (Å²) < 4.78 is 5.73. The third-order valence-electron chi connectivity index (χ3n) is 3.44. The second-order valence-electron chi connectivity index (χ2n) is 4.64. The lowest BCUT2D eigenvalue weighted by Gasteiger charge is -2.12. The van der Waals surface area contributed by atoms with E-state index in [0.29, 0.717) is 5.76 Å². The van der Waals surface area contributed by atoms with Crippen LogP contribution in [0.5, 0.6) is 0 Å². The molecule has 2 heteroatoms. The van der Waals surface area contributed by atoms with Gasteiger partial charge in [0.15, 0.2) is 0 Å². The molecule has 2 aromatic carbocycles. The van der Waals surface area contributed by atoms with Gasteiger partial charge in [0.05, 0.1) is 0 Å². The van der Waals surface area contributed by atoms with Crippen LogP contribution in [-0.4, -0.2) is 5.11 Å². The zero-order valence-electron chi connectivity index (χ0n) is 10.8. The number of furan rings is 1. The number of benzene rings is 2. The van der Waals surface area contributed by atoms with E-state index in [0.717, 1.165) is 28.5 Å². The van der Waals surface area contributed by atoms with Crippen LogP contribution in [0.15, 0.2) is 59.0 Å². The molecule has 3 rings (SSSR count). The van der Waals surface area contributed by atoms with Crippen molar-refractivity contribution in [1.82, 2.24) is 0 Å². The number of aliphatic hydroxyl groups is 1. The van der Waals surface area contributed by atoms with Crippen LogP contribution in [0.25, 0.3) is 11.0 Å². The molecule has 0 spiro atoms. The van der Waals surface area contributed by atoms with Crippen molar-refractivity contribution in [3.05, 3.63) is 71.5 Å². The van der Waals surface area contributed by atoms with Gasteiger partial charge < -0.3 is 9.52 Å². The van der Waals surface area contributed by atoms with E-state index in [1.54, 1.807) is 0 Å². The minimum Gasteiger partial charge on any atom is -0.458 e. The first-order valence-corrected chi connectivity index (χ1v) is 6.54. The number of fused-ring (bicyclic) bond motifs is 1. The van der Waals surface area contributed by atoms with E-state index in [4.69, 9.17) is 4.42 Å². The average molecular weight is 252 g/mol. The predicted molar refractivity (Wildman–Crippen MR) is 76.1 cm³/mol. The van der Waals surface area contributed by atoms with Crippen molar-refractivity contribution in [2.24, 2.45) is 0 Å². The molecule has 19 heavy (non-hydrogen) atoms. The van der Waals surface area contributed by atoms with Crippen LogP contribution in [0.4, 0.5) is 0 Å². The monoisotopic (exact) mass is 252 g/mol. The predicted octanol–water partition coefficient (Wildman–Crippen LogP) is 4.08. The summed E-state index contributed by atoms with van der Waals surface area (Å²) in [5.74, 6) is 0.599. The molecule has 1 aromatic heterocycles. The molecule has 0 amide bonds. The summed E-state index contributed by atoms with van der Waals surface area (Å²) in [5.41, 5.74) is 2.88. The van der Waals surface area contributed by atoms with E-state index in [-0.39, 0.29) is 0 Å². The fraction of sp³-hybridized carbons (Fsp3) is 0.176. The normalized spacial score (nSPS) is 12.7. The Labute approximate surface area is 112 Å². The van der Waals surface area contributed by atoms with Crippen LogP contribution in [0, 0.1) is 0 Å². The van der Waals surface area contributed by atoms with Crippen LogP contribution >= 0.6 is 0 Å². The third-order valence-corrected chi connectivity index (χ3v) is 3.44. The molecule has 96 valence electrons. The van der Waals surface area contributed by atoms with Crippen molar-refractivity contribution in [3.63, 3.8) is 0 Å². The summed E-state index contributed by atoms with van der Waals surface area (Å²) in [5, 5.41) is 11.5. The highest BCUT2D eigenvalue weighted by Gasteiger charge is 2.17. The van der Waals surface area contributed by atoms with E-state index in [9.17, 15) is 5.11 Å². The minimum absolute atomic E-state index is 0.599. The van der Waals surface area contributed by atoms with E-state index in [1.807, 2.05) is 54.6 Å². The maximum absolute atomic E-state index is 10.5. The quantitative estimate of drug-likeness (QED) is 0.762. The van der Waals surface area contributed by atoms with Crippen molar-refractivity contribution in [2.45, 2.75) is 19.4 Å². The maximum atomic E-state index is 10.5. The summed E-state index contributed by atoms with van der Waals surface area (Å²) in [7, 11) is 0. The Morgan fingerprint density at radius 1 is 1.05 bits per heavy atom. The zero-order chi connectivity index (χ0) is 13.2. The van der Waals surface area contributed by atoms with Gasteiger partial charge in [0.1, 0.15) is 17.4 Å². The molecule has 0 aliphatic carbocycles. The fourth-order valence-electron chi connectivity index (χ4n) is 2.41. The Morgan fingerprint density at radius 3 is 2.58 bits per heavy atom. The molecule has 1 N–H and O–H groups in total. The number of aliphatic hydroxyl groups excluding tert-OH is 1. The van der Waals surface area contributed by atoms with Gasteiger partial charge in [0.25, 0.3) is 0 Å².